The summed E-state index contributed by atoms with van der Waals surface area (Å²) < 4.78 is 35.4. The van der Waals surface area contributed by atoms with Gasteiger partial charge in [-0.05, 0) is 51.6 Å². The Labute approximate surface area is 377 Å². The first-order valence-electron chi connectivity index (χ1n) is 25.5. The molecule has 0 atom stereocenters. The van der Waals surface area contributed by atoms with Gasteiger partial charge in [0.2, 0.25) is 0 Å². The summed E-state index contributed by atoms with van der Waals surface area (Å²) in [6.07, 6.45) is 36.0. The van der Waals surface area contributed by atoms with Crippen LogP contribution in [0.15, 0.2) is 0 Å². The van der Waals surface area contributed by atoms with E-state index in [1.807, 2.05) is 0 Å². The topological polar surface area (TPSA) is 102 Å². The van der Waals surface area contributed by atoms with Crippen LogP contribution in [-0.4, -0.2) is 90.1 Å². The first kappa shape index (κ1) is 61.1. The Kier molecular flexibility index (Phi) is 53.4. The number of carbonyl (C=O) groups excluding carboxylic acids is 2. The highest BCUT2D eigenvalue weighted by atomic mass is 35.5. The number of rotatable bonds is 50. The van der Waals surface area contributed by atoms with Gasteiger partial charge in [-0.1, -0.05) is 182 Å². The van der Waals surface area contributed by atoms with Gasteiger partial charge < -0.3 is 33.7 Å². The largest absolute Gasteiger partial charge is 0.457 e. The molecular formula is C50H100ClNO8. The van der Waals surface area contributed by atoms with Crippen molar-refractivity contribution in [1.29, 1.82) is 0 Å². The second-order valence-electron chi connectivity index (χ2n) is 17.0. The summed E-state index contributed by atoms with van der Waals surface area (Å²) in [5, 5.41) is 3.37. The molecule has 0 spiro atoms. The number of esters is 2. The average molecular weight is 879 g/mol. The lowest BCUT2D eigenvalue weighted by molar-refractivity contribution is -0.157. The van der Waals surface area contributed by atoms with E-state index in [0.29, 0.717) is 91.6 Å². The molecule has 0 amide bonds. The van der Waals surface area contributed by atoms with Gasteiger partial charge in [-0.15, -0.1) is 12.4 Å². The van der Waals surface area contributed by atoms with E-state index in [-0.39, 0.29) is 36.6 Å². The van der Waals surface area contributed by atoms with Crippen LogP contribution in [0, 0.1) is 0 Å². The highest BCUT2D eigenvalue weighted by Crippen LogP contribution is 2.12. The molecule has 360 valence electrons. The van der Waals surface area contributed by atoms with Gasteiger partial charge >= 0.3 is 11.9 Å². The van der Waals surface area contributed by atoms with Crippen molar-refractivity contribution in [2.75, 3.05) is 65.9 Å². The van der Waals surface area contributed by atoms with Crippen LogP contribution in [0.1, 0.15) is 233 Å². The predicted molar refractivity (Wildman–Crippen MR) is 254 cm³/mol. The molecule has 0 aliphatic carbocycles. The summed E-state index contributed by atoms with van der Waals surface area (Å²) in [4.78, 5) is 25.5. The molecule has 0 aliphatic heterocycles. The van der Waals surface area contributed by atoms with Crippen LogP contribution >= 0.6 is 12.4 Å². The van der Waals surface area contributed by atoms with Crippen molar-refractivity contribution in [3.63, 3.8) is 0 Å². The fraction of sp³-hybridized carbons (Fsp3) is 0.960. The molecule has 0 aromatic heterocycles. The van der Waals surface area contributed by atoms with Crippen LogP contribution in [-0.2, 0) is 38.0 Å². The molecule has 0 saturated carbocycles. The number of halogens is 1. The Balaban J connectivity index is 0. The highest BCUT2D eigenvalue weighted by Gasteiger charge is 2.17. The molecule has 0 saturated heterocycles. The molecule has 0 aliphatic rings. The summed E-state index contributed by atoms with van der Waals surface area (Å²) in [7, 11) is 0. The zero-order chi connectivity index (χ0) is 43.0. The van der Waals surface area contributed by atoms with Gasteiger partial charge in [0, 0.05) is 39.3 Å². The van der Waals surface area contributed by atoms with E-state index in [9.17, 15) is 9.59 Å². The third-order valence-electron chi connectivity index (χ3n) is 10.8. The van der Waals surface area contributed by atoms with Crippen LogP contribution in [0.2, 0.25) is 0 Å². The fourth-order valence-electron chi connectivity index (χ4n) is 7.07. The molecule has 0 aromatic carbocycles. The smallest absolute Gasteiger partial charge is 0.306 e. The van der Waals surface area contributed by atoms with Crippen LogP contribution in [0.25, 0.3) is 0 Å². The molecule has 0 fully saturated rings. The van der Waals surface area contributed by atoms with Crippen molar-refractivity contribution in [1.82, 2.24) is 5.32 Å². The number of nitrogens with one attached hydrogen (secondary N) is 1. The molecule has 0 aromatic rings. The number of hydrogen-bond donors (Lipinski definition) is 1. The number of unbranched alkanes of at least 4 members (excludes halogenated alkanes) is 24. The molecular weight excluding hydrogens is 778 g/mol. The van der Waals surface area contributed by atoms with E-state index in [1.54, 1.807) is 0 Å². The molecule has 0 radical (unpaired) electrons. The Morgan fingerprint density at radius 2 is 0.583 bits per heavy atom. The van der Waals surface area contributed by atoms with E-state index < -0.39 is 0 Å². The van der Waals surface area contributed by atoms with Gasteiger partial charge in [0.25, 0.3) is 0 Å². The Morgan fingerprint density at radius 3 is 0.833 bits per heavy atom. The zero-order valence-corrected chi connectivity index (χ0v) is 40.8. The van der Waals surface area contributed by atoms with Crippen LogP contribution < -0.4 is 5.32 Å². The molecule has 0 bridgehead atoms. The van der Waals surface area contributed by atoms with E-state index >= 15 is 0 Å². The highest BCUT2D eigenvalue weighted by molar-refractivity contribution is 5.85. The average Bonchev–Trinajstić information content (AvgIpc) is 3.23. The Hall–Kier alpha value is -0.970. The second kappa shape index (κ2) is 52.4. The third-order valence-corrected chi connectivity index (χ3v) is 10.8. The predicted octanol–water partition coefficient (Wildman–Crippen LogP) is 13.5. The zero-order valence-electron chi connectivity index (χ0n) is 40.0. The van der Waals surface area contributed by atoms with Gasteiger partial charge in [0.1, 0.15) is 12.2 Å². The number of carbonyl (C=O) groups is 2. The van der Waals surface area contributed by atoms with Gasteiger partial charge in [-0.2, -0.15) is 0 Å². The van der Waals surface area contributed by atoms with E-state index in [0.717, 1.165) is 25.7 Å². The minimum absolute atomic E-state index is 0. The van der Waals surface area contributed by atoms with Crippen LogP contribution in [0.3, 0.4) is 0 Å². The maximum Gasteiger partial charge on any atom is 0.306 e. The minimum Gasteiger partial charge on any atom is -0.457 e. The van der Waals surface area contributed by atoms with Gasteiger partial charge in [-0.3, -0.25) is 9.59 Å². The first-order valence-corrected chi connectivity index (χ1v) is 25.5. The van der Waals surface area contributed by atoms with Crippen molar-refractivity contribution in [2.24, 2.45) is 0 Å². The fourth-order valence-corrected chi connectivity index (χ4v) is 7.07. The summed E-state index contributed by atoms with van der Waals surface area (Å²) in [6, 6.07) is 0. The van der Waals surface area contributed by atoms with Crippen molar-refractivity contribution in [3.8, 4) is 0 Å². The summed E-state index contributed by atoms with van der Waals surface area (Å²) >= 11 is 0. The van der Waals surface area contributed by atoms with Crippen molar-refractivity contribution < 1.29 is 38.0 Å². The lowest BCUT2D eigenvalue weighted by atomic mass is 10.1. The lowest BCUT2D eigenvalue weighted by Crippen LogP contribution is -2.30. The standard InChI is InChI=1S/C50H99NO8.ClH/c1-5-9-13-17-21-25-29-39-54-43-47(44-55-40-30-26-22-18-14-10-6-2)58-49(52)35-33-37-51-38-34-36-50(53)59-48(45-56-41-31-27-23-19-15-11-7-3)46-57-42-32-28-24-20-16-12-8-4;/h47-48,51H,5-46H2,1-4H3;1H. The van der Waals surface area contributed by atoms with Gasteiger partial charge in [0.15, 0.2) is 0 Å². The molecule has 0 unspecified atom stereocenters. The molecule has 9 nitrogen and oxygen atoms in total. The molecule has 1 N–H and O–H groups in total. The number of hydrogen-bond acceptors (Lipinski definition) is 9. The van der Waals surface area contributed by atoms with Crippen molar-refractivity contribution in [3.05, 3.63) is 0 Å². The maximum atomic E-state index is 12.8. The normalized spacial score (nSPS) is 11.4. The van der Waals surface area contributed by atoms with Crippen LogP contribution in [0.5, 0.6) is 0 Å². The minimum atomic E-state index is -0.379. The van der Waals surface area contributed by atoms with E-state index in [4.69, 9.17) is 28.4 Å². The van der Waals surface area contributed by atoms with Gasteiger partial charge in [0.05, 0.1) is 26.4 Å². The van der Waals surface area contributed by atoms with Crippen LogP contribution in [0.4, 0.5) is 0 Å². The Bertz CT molecular complexity index is 743. The number of ether oxygens (including phenoxy) is 6. The van der Waals surface area contributed by atoms with Gasteiger partial charge in [-0.25, -0.2) is 0 Å². The molecule has 0 heterocycles. The quantitative estimate of drug-likeness (QED) is 0.0473. The van der Waals surface area contributed by atoms with E-state index in [2.05, 4.69) is 33.0 Å². The third kappa shape index (κ3) is 48.1. The Morgan fingerprint density at radius 1 is 0.350 bits per heavy atom. The van der Waals surface area contributed by atoms with E-state index in [1.165, 1.54) is 154 Å². The lowest BCUT2D eigenvalue weighted by Gasteiger charge is -2.19. The monoisotopic (exact) mass is 878 g/mol. The summed E-state index contributed by atoms with van der Waals surface area (Å²) in [6.45, 7) is 14.6. The summed E-state index contributed by atoms with van der Waals surface area (Å²) in [5.41, 5.74) is 0. The molecule has 10 heteroatoms. The SMILES string of the molecule is CCCCCCCCCOCC(COCCCCCCCCC)OC(=O)CCCNCCCC(=O)OC(COCCCCCCCCC)COCCCCCCCCC.Cl. The molecule has 0 rings (SSSR count). The molecule has 60 heavy (non-hydrogen) atoms. The second-order valence-corrected chi connectivity index (χ2v) is 17.0. The summed E-state index contributed by atoms with van der Waals surface area (Å²) in [5.74, 6) is -0.428. The van der Waals surface area contributed by atoms with Crippen molar-refractivity contribution >= 4 is 24.3 Å². The first-order chi connectivity index (χ1) is 29.1. The maximum absolute atomic E-state index is 12.8. The van der Waals surface area contributed by atoms with Crippen molar-refractivity contribution in [2.45, 2.75) is 245 Å².